The minimum Gasteiger partial charge on any atom is -0.388 e. The average molecular weight is 312 g/mol. The Hall–Kier alpha value is -1.14. The van der Waals surface area contributed by atoms with Gasteiger partial charge in [-0.2, -0.15) is 0 Å². The maximum Gasteiger partial charge on any atom is 0.304 e. The molecule has 0 aromatic carbocycles. The summed E-state index contributed by atoms with van der Waals surface area (Å²) in [4.78, 5) is 13.6. The second kappa shape index (κ2) is 5.93. The fourth-order valence-electron chi connectivity index (χ4n) is 2.92. The van der Waals surface area contributed by atoms with Crippen molar-refractivity contribution in [1.29, 1.82) is 0 Å². The van der Waals surface area contributed by atoms with Crippen LogP contribution in [-0.2, 0) is 0 Å². The zero-order valence-corrected chi connectivity index (χ0v) is 13.9. The predicted molar refractivity (Wildman–Crippen MR) is 86.0 cm³/mol. The fraction of sp³-hybridized carbons (Fsp3) is 0.733. The lowest BCUT2D eigenvalue weighted by atomic mass is 9.75. The first kappa shape index (κ1) is 16.2. The Morgan fingerprint density at radius 3 is 2.52 bits per heavy atom. The molecule has 21 heavy (non-hydrogen) atoms. The molecular formula is C15H24N2O3S. The number of hydrogen-bond donors (Lipinski definition) is 1. The first-order valence-corrected chi connectivity index (χ1v) is 8.22. The number of aliphatic hydroxyl groups excluding tert-OH is 1. The summed E-state index contributed by atoms with van der Waals surface area (Å²) in [5.41, 5.74) is 0.493. The Bertz CT molecular complexity index is 515. The third-order valence-corrected chi connectivity index (χ3v) is 5.88. The molecule has 1 fully saturated rings. The lowest BCUT2D eigenvalue weighted by Crippen LogP contribution is -2.37. The third-order valence-electron chi connectivity index (χ3n) is 4.50. The van der Waals surface area contributed by atoms with Gasteiger partial charge in [0.25, 0.3) is 0 Å². The van der Waals surface area contributed by atoms with Crippen molar-refractivity contribution in [3.05, 3.63) is 21.1 Å². The molecule has 0 aliphatic heterocycles. The Morgan fingerprint density at radius 1 is 1.48 bits per heavy atom. The third kappa shape index (κ3) is 3.55. The lowest BCUT2D eigenvalue weighted by molar-refractivity contribution is -0.383. The number of anilines is 1. The highest BCUT2D eigenvalue weighted by Crippen LogP contribution is 2.43. The molecule has 1 aromatic heterocycles. The summed E-state index contributed by atoms with van der Waals surface area (Å²) in [5.74, 6) is 0. The average Bonchev–Trinajstić information content (AvgIpc) is 2.83. The molecule has 0 saturated heterocycles. The topological polar surface area (TPSA) is 66.6 Å². The van der Waals surface area contributed by atoms with E-state index in [9.17, 15) is 15.2 Å². The van der Waals surface area contributed by atoms with E-state index >= 15 is 0 Å². The Balaban J connectivity index is 2.22. The summed E-state index contributed by atoms with van der Waals surface area (Å²) in [5, 5.41) is 21.6. The van der Waals surface area contributed by atoms with Crippen LogP contribution in [0, 0.1) is 15.5 Å². The molecule has 118 valence electrons. The summed E-state index contributed by atoms with van der Waals surface area (Å²) in [6.45, 7) is 6.20. The molecule has 2 rings (SSSR count). The molecule has 1 saturated carbocycles. The largest absolute Gasteiger partial charge is 0.388 e. The van der Waals surface area contributed by atoms with Crippen LogP contribution in [0.2, 0.25) is 0 Å². The van der Waals surface area contributed by atoms with Crippen molar-refractivity contribution in [1.82, 2.24) is 0 Å². The van der Waals surface area contributed by atoms with Crippen molar-refractivity contribution in [2.45, 2.75) is 58.6 Å². The maximum absolute atomic E-state index is 11.3. The molecule has 0 amide bonds. The molecule has 0 bridgehead atoms. The Labute approximate surface area is 129 Å². The lowest BCUT2D eigenvalue weighted by Gasteiger charge is -2.38. The summed E-state index contributed by atoms with van der Waals surface area (Å²) in [6, 6.07) is 1.85. The predicted octanol–water partition coefficient (Wildman–Crippen LogP) is 4.11. The number of hydrogen-bond acceptors (Lipinski definition) is 5. The molecule has 6 heteroatoms. The van der Waals surface area contributed by atoms with E-state index in [1.165, 1.54) is 17.4 Å². The van der Waals surface area contributed by atoms with Crippen LogP contribution in [0.25, 0.3) is 0 Å². The van der Waals surface area contributed by atoms with Gasteiger partial charge in [0, 0.05) is 24.0 Å². The summed E-state index contributed by atoms with van der Waals surface area (Å²) in [7, 11) is 1.94. The minimum atomic E-state index is -0.666. The number of rotatable bonds is 4. The molecule has 1 atom stereocenters. The number of thiophene rings is 1. The van der Waals surface area contributed by atoms with Crippen molar-refractivity contribution >= 4 is 22.0 Å². The first-order valence-electron chi connectivity index (χ1n) is 7.40. The maximum atomic E-state index is 11.3. The number of aliphatic hydroxyl groups is 1. The summed E-state index contributed by atoms with van der Waals surface area (Å²) < 4.78 is 0. The summed E-state index contributed by atoms with van der Waals surface area (Å²) in [6.07, 6.45) is 3.74. The highest BCUT2D eigenvalue weighted by atomic mass is 32.1. The van der Waals surface area contributed by atoms with E-state index in [1.54, 1.807) is 6.92 Å². The quantitative estimate of drug-likeness (QED) is 0.671. The molecule has 0 radical (unpaired) electrons. The molecule has 1 heterocycles. The molecule has 1 aromatic rings. The highest BCUT2D eigenvalue weighted by Gasteiger charge is 2.32. The van der Waals surface area contributed by atoms with Crippen LogP contribution in [0.1, 0.15) is 57.4 Å². The van der Waals surface area contributed by atoms with Crippen LogP contribution in [0.5, 0.6) is 0 Å². The van der Waals surface area contributed by atoms with Crippen LogP contribution < -0.4 is 4.90 Å². The van der Waals surface area contributed by atoms with Crippen molar-refractivity contribution in [3.63, 3.8) is 0 Å². The van der Waals surface area contributed by atoms with Gasteiger partial charge < -0.3 is 10.0 Å². The molecule has 5 nitrogen and oxygen atoms in total. The normalized spacial score (nSPS) is 20.2. The van der Waals surface area contributed by atoms with E-state index in [1.807, 2.05) is 11.9 Å². The second-order valence-electron chi connectivity index (χ2n) is 6.78. The van der Waals surface area contributed by atoms with Gasteiger partial charge in [-0.05, 0) is 38.0 Å². The Kier molecular flexibility index (Phi) is 4.58. The monoisotopic (exact) mass is 312 g/mol. The number of nitro groups is 1. The van der Waals surface area contributed by atoms with E-state index < -0.39 is 6.10 Å². The molecule has 1 N–H and O–H groups in total. The number of nitrogens with zero attached hydrogens (tertiary/aromatic N) is 2. The fourth-order valence-corrected chi connectivity index (χ4v) is 4.01. The first-order chi connectivity index (χ1) is 9.71. The Morgan fingerprint density at radius 2 is 2.05 bits per heavy atom. The zero-order chi connectivity index (χ0) is 15.8. The van der Waals surface area contributed by atoms with Crippen LogP contribution in [0.15, 0.2) is 6.07 Å². The highest BCUT2D eigenvalue weighted by molar-refractivity contribution is 7.16. The molecular weight excluding hydrogens is 288 g/mol. The zero-order valence-electron chi connectivity index (χ0n) is 13.1. The van der Waals surface area contributed by atoms with Gasteiger partial charge in [0.1, 0.15) is 0 Å². The van der Waals surface area contributed by atoms with Crippen LogP contribution >= 0.6 is 11.3 Å². The summed E-state index contributed by atoms with van der Waals surface area (Å²) >= 11 is 1.33. The van der Waals surface area contributed by atoms with Crippen molar-refractivity contribution in [2.24, 2.45) is 5.41 Å². The SMILES string of the molecule is C[C@@H](O)c1cc([N+](=O)[O-])c(N(C)C2CCC(C)(C)CC2)s1. The van der Waals surface area contributed by atoms with Crippen molar-refractivity contribution in [2.75, 3.05) is 11.9 Å². The van der Waals surface area contributed by atoms with Crippen LogP contribution in [0.3, 0.4) is 0 Å². The van der Waals surface area contributed by atoms with E-state index in [0.29, 0.717) is 21.3 Å². The molecule has 0 unspecified atom stereocenters. The van der Waals surface area contributed by atoms with E-state index in [2.05, 4.69) is 13.8 Å². The van der Waals surface area contributed by atoms with Gasteiger partial charge >= 0.3 is 5.69 Å². The van der Waals surface area contributed by atoms with Gasteiger partial charge in [-0.15, -0.1) is 11.3 Å². The van der Waals surface area contributed by atoms with Crippen LogP contribution in [0.4, 0.5) is 10.7 Å². The van der Waals surface area contributed by atoms with Gasteiger partial charge in [0.15, 0.2) is 5.00 Å². The second-order valence-corrected chi connectivity index (χ2v) is 7.84. The standard InChI is InChI=1S/C15H24N2O3S/c1-10(18)13-9-12(17(19)20)14(21-13)16(4)11-5-7-15(2,3)8-6-11/h9-11,18H,5-8H2,1-4H3/t10-/m1/s1. The molecule has 0 spiro atoms. The van der Waals surface area contributed by atoms with Gasteiger partial charge in [-0.3, -0.25) is 10.1 Å². The van der Waals surface area contributed by atoms with Crippen LogP contribution in [-0.4, -0.2) is 23.1 Å². The van der Waals surface area contributed by atoms with E-state index in [-0.39, 0.29) is 10.6 Å². The van der Waals surface area contributed by atoms with Crippen molar-refractivity contribution < 1.29 is 10.0 Å². The van der Waals surface area contributed by atoms with Crippen molar-refractivity contribution in [3.8, 4) is 0 Å². The van der Waals surface area contributed by atoms with Gasteiger partial charge in [-0.25, -0.2) is 0 Å². The van der Waals surface area contributed by atoms with Gasteiger partial charge in [-0.1, -0.05) is 13.8 Å². The van der Waals surface area contributed by atoms with Gasteiger partial charge in [0.2, 0.25) is 0 Å². The molecule has 1 aliphatic carbocycles. The smallest absolute Gasteiger partial charge is 0.304 e. The van der Waals surface area contributed by atoms with E-state index in [4.69, 9.17) is 0 Å². The van der Waals surface area contributed by atoms with Gasteiger partial charge in [0.05, 0.1) is 11.0 Å². The minimum absolute atomic E-state index is 0.114. The van der Waals surface area contributed by atoms with E-state index in [0.717, 1.165) is 25.7 Å². The molecule has 1 aliphatic rings.